The topological polar surface area (TPSA) is 107 Å². The van der Waals surface area contributed by atoms with Crippen molar-refractivity contribution in [1.82, 2.24) is 15.0 Å². The van der Waals surface area contributed by atoms with Gasteiger partial charge in [0.05, 0.1) is 21.3 Å². The molecular formula is C20H21N5O4. The third kappa shape index (κ3) is 4.70. The highest BCUT2D eigenvalue weighted by atomic mass is 16.5. The lowest BCUT2D eigenvalue weighted by Crippen LogP contribution is -2.04. The van der Waals surface area contributed by atoms with Crippen LogP contribution in [-0.4, -0.2) is 42.1 Å². The predicted molar refractivity (Wildman–Crippen MR) is 109 cm³/mol. The van der Waals surface area contributed by atoms with E-state index in [0.717, 1.165) is 5.69 Å². The van der Waals surface area contributed by atoms with E-state index in [1.807, 2.05) is 0 Å². The van der Waals surface area contributed by atoms with Crippen LogP contribution < -0.4 is 24.8 Å². The minimum absolute atomic E-state index is 0.00791. The van der Waals surface area contributed by atoms with Crippen LogP contribution in [0, 0.1) is 0 Å². The van der Waals surface area contributed by atoms with E-state index in [-0.39, 0.29) is 5.78 Å². The number of ketones is 1. The molecule has 0 spiro atoms. The molecule has 0 unspecified atom stereocenters. The Morgan fingerprint density at radius 3 is 1.86 bits per heavy atom. The summed E-state index contributed by atoms with van der Waals surface area (Å²) in [4.78, 5) is 24.0. The van der Waals surface area contributed by atoms with Gasteiger partial charge in [0, 0.05) is 29.1 Å². The summed E-state index contributed by atoms with van der Waals surface area (Å²) in [5.41, 5.74) is 2.04. The molecule has 9 nitrogen and oxygen atoms in total. The van der Waals surface area contributed by atoms with Gasteiger partial charge in [0.25, 0.3) is 0 Å². The molecule has 0 aliphatic heterocycles. The zero-order valence-corrected chi connectivity index (χ0v) is 16.5. The first kappa shape index (κ1) is 19.9. The van der Waals surface area contributed by atoms with E-state index in [1.165, 1.54) is 13.3 Å². The summed E-state index contributed by atoms with van der Waals surface area (Å²) in [6.07, 6.45) is 1.39. The number of hydrogen-bond donors (Lipinski definition) is 2. The number of hydrogen-bond acceptors (Lipinski definition) is 9. The van der Waals surface area contributed by atoms with Crippen LogP contribution in [0.2, 0.25) is 0 Å². The number of benzene rings is 2. The summed E-state index contributed by atoms with van der Waals surface area (Å²) in [7, 11) is 4.63. The fraction of sp³-hybridized carbons (Fsp3) is 0.200. The number of nitrogens with zero attached hydrogens (tertiary/aromatic N) is 3. The van der Waals surface area contributed by atoms with Crippen molar-refractivity contribution in [3.63, 3.8) is 0 Å². The molecule has 9 heteroatoms. The molecule has 2 aromatic carbocycles. The number of anilines is 4. The number of Topliss-reactive ketones (excluding diaryl/α,β-unsaturated/α-hetero) is 1. The van der Waals surface area contributed by atoms with Gasteiger partial charge in [-0.3, -0.25) is 4.79 Å². The minimum atomic E-state index is 0.00791. The molecule has 3 aromatic rings. The Labute approximate surface area is 168 Å². The Kier molecular flexibility index (Phi) is 6.08. The van der Waals surface area contributed by atoms with Crippen LogP contribution in [0.5, 0.6) is 17.2 Å². The lowest BCUT2D eigenvalue weighted by molar-refractivity contribution is 0.101. The van der Waals surface area contributed by atoms with E-state index >= 15 is 0 Å². The van der Waals surface area contributed by atoms with Gasteiger partial charge in [-0.25, -0.2) is 9.97 Å². The van der Waals surface area contributed by atoms with Crippen molar-refractivity contribution in [2.24, 2.45) is 0 Å². The molecule has 150 valence electrons. The molecular weight excluding hydrogens is 374 g/mol. The third-order valence-corrected chi connectivity index (χ3v) is 4.04. The summed E-state index contributed by atoms with van der Waals surface area (Å²) < 4.78 is 16.0. The molecule has 0 aliphatic carbocycles. The SMILES string of the molecule is COc1cc(Nc2ncnc(Nc3ccc(C(C)=O)cc3)n2)cc(OC)c1OC. The first-order chi connectivity index (χ1) is 14.0. The van der Waals surface area contributed by atoms with Gasteiger partial charge in [-0.15, -0.1) is 0 Å². The van der Waals surface area contributed by atoms with E-state index in [2.05, 4.69) is 25.6 Å². The Morgan fingerprint density at radius 2 is 1.38 bits per heavy atom. The molecule has 3 rings (SSSR count). The van der Waals surface area contributed by atoms with Crippen molar-refractivity contribution in [3.8, 4) is 17.2 Å². The van der Waals surface area contributed by atoms with Crippen molar-refractivity contribution in [1.29, 1.82) is 0 Å². The van der Waals surface area contributed by atoms with Crippen molar-refractivity contribution in [3.05, 3.63) is 48.3 Å². The minimum Gasteiger partial charge on any atom is -0.493 e. The van der Waals surface area contributed by atoms with Gasteiger partial charge < -0.3 is 24.8 Å². The molecule has 0 radical (unpaired) electrons. The highest BCUT2D eigenvalue weighted by molar-refractivity contribution is 5.94. The molecule has 2 N–H and O–H groups in total. The largest absolute Gasteiger partial charge is 0.493 e. The molecule has 0 atom stereocenters. The molecule has 1 aromatic heterocycles. The van der Waals surface area contributed by atoms with Gasteiger partial charge in [-0.1, -0.05) is 0 Å². The van der Waals surface area contributed by atoms with Crippen LogP contribution in [0.25, 0.3) is 0 Å². The van der Waals surface area contributed by atoms with Crippen LogP contribution in [-0.2, 0) is 0 Å². The maximum absolute atomic E-state index is 11.4. The summed E-state index contributed by atoms with van der Waals surface area (Å²) in [6, 6.07) is 10.5. The van der Waals surface area contributed by atoms with Gasteiger partial charge >= 0.3 is 0 Å². The zero-order chi connectivity index (χ0) is 20.8. The Morgan fingerprint density at radius 1 is 0.828 bits per heavy atom. The number of nitrogens with one attached hydrogen (secondary N) is 2. The van der Waals surface area contributed by atoms with Crippen LogP contribution in [0.4, 0.5) is 23.3 Å². The first-order valence-corrected chi connectivity index (χ1v) is 8.68. The summed E-state index contributed by atoms with van der Waals surface area (Å²) >= 11 is 0. The standard InChI is InChI=1S/C20H21N5O4/c1-12(26)13-5-7-14(8-6-13)23-19-21-11-22-20(25-19)24-15-9-16(27-2)18(29-4)17(10-15)28-3/h5-11H,1-4H3,(H2,21,22,23,24,25). The molecule has 29 heavy (non-hydrogen) atoms. The number of carbonyl (C=O) groups is 1. The smallest absolute Gasteiger partial charge is 0.232 e. The van der Waals surface area contributed by atoms with Gasteiger partial charge in [-0.2, -0.15) is 4.98 Å². The van der Waals surface area contributed by atoms with Crippen LogP contribution >= 0.6 is 0 Å². The highest BCUT2D eigenvalue weighted by Gasteiger charge is 2.14. The van der Waals surface area contributed by atoms with Crippen LogP contribution in [0.1, 0.15) is 17.3 Å². The number of ether oxygens (including phenoxy) is 3. The van der Waals surface area contributed by atoms with Crippen molar-refractivity contribution in [2.45, 2.75) is 6.92 Å². The normalized spacial score (nSPS) is 10.2. The van der Waals surface area contributed by atoms with E-state index in [4.69, 9.17) is 14.2 Å². The zero-order valence-electron chi connectivity index (χ0n) is 16.5. The number of rotatable bonds is 8. The van der Waals surface area contributed by atoms with Crippen molar-refractivity contribution >= 4 is 29.1 Å². The van der Waals surface area contributed by atoms with E-state index in [1.54, 1.807) is 57.7 Å². The summed E-state index contributed by atoms with van der Waals surface area (Å²) in [5, 5.41) is 6.17. The first-order valence-electron chi connectivity index (χ1n) is 8.68. The second kappa shape index (κ2) is 8.87. The van der Waals surface area contributed by atoms with Crippen molar-refractivity contribution in [2.75, 3.05) is 32.0 Å². The van der Waals surface area contributed by atoms with Crippen LogP contribution in [0.3, 0.4) is 0 Å². The molecule has 0 aliphatic rings. The second-order valence-corrected chi connectivity index (χ2v) is 5.93. The van der Waals surface area contributed by atoms with Gasteiger partial charge in [0.15, 0.2) is 17.3 Å². The van der Waals surface area contributed by atoms with Crippen LogP contribution in [0.15, 0.2) is 42.7 Å². The lowest BCUT2D eigenvalue weighted by Gasteiger charge is -2.14. The number of aromatic nitrogens is 3. The van der Waals surface area contributed by atoms with E-state index in [9.17, 15) is 4.79 Å². The molecule has 0 saturated carbocycles. The van der Waals surface area contributed by atoms with E-state index < -0.39 is 0 Å². The Balaban J connectivity index is 1.80. The lowest BCUT2D eigenvalue weighted by atomic mass is 10.1. The van der Waals surface area contributed by atoms with Gasteiger partial charge in [-0.05, 0) is 31.2 Å². The predicted octanol–water partition coefficient (Wildman–Crippen LogP) is 3.59. The summed E-state index contributed by atoms with van der Waals surface area (Å²) in [6.45, 7) is 1.52. The Bertz CT molecular complexity index is 983. The highest BCUT2D eigenvalue weighted by Crippen LogP contribution is 2.40. The fourth-order valence-corrected chi connectivity index (χ4v) is 2.62. The number of methoxy groups -OCH3 is 3. The maximum atomic E-state index is 11.4. The molecule has 0 fully saturated rings. The monoisotopic (exact) mass is 395 g/mol. The average molecular weight is 395 g/mol. The number of carbonyl (C=O) groups excluding carboxylic acids is 1. The molecule has 0 saturated heterocycles. The van der Waals surface area contributed by atoms with Gasteiger partial charge in [0.1, 0.15) is 6.33 Å². The summed E-state index contributed by atoms with van der Waals surface area (Å²) in [5.74, 6) is 2.20. The third-order valence-electron chi connectivity index (χ3n) is 4.04. The second-order valence-electron chi connectivity index (χ2n) is 5.93. The molecule has 1 heterocycles. The average Bonchev–Trinajstić information content (AvgIpc) is 2.73. The molecule has 0 bridgehead atoms. The Hall–Kier alpha value is -3.88. The van der Waals surface area contributed by atoms with E-state index in [0.29, 0.717) is 40.4 Å². The van der Waals surface area contributed by atoms with Crippen molar-refractivity contribution < 1.29 is 19.0 Å². The quantitative estimate of drug-likeness (QED) is 0.553. The van der Waals surface area contributed by atoms with Gasteiger partial charge in [0.2, 0.25) is 17.6 Å². The maximum Gasteiger partial charge on any atom is 0.232 e. The fourth-order valence-electron chi connectivity index (χ4n) is 2.62. The molecule has 0 amide bonds.